The standard InChI is InChI=1S/C25H24F2N6O5S/c1-33-7-6-31-23(33)14-9-13(39-11-16(28)25(35)36)3-5-18(14)37-21-15(26)10-32-24(20(21)27)38-19-8-12(22(29)30)2-4-17(19)34/h2-6,8-10,16,23,34H,7,11,28H2,1H3,(H3,29,30)(H,35,36). The first-order valence-electron chi connectivity index (χ1n) is 11.4. The van der Waals surface area contributed by atoms with Gasteiger partial charge in [-0.1, -0.05) is 0 Å². The number of amidine groups is 1. The number of thioether (sulfide) groups is 1. The molecule has 0 aliphatic carbocycles. The molecule has 11 nitrogen and oxygen atoms in total. The monoisotopic (exact) mass is 558 g/mol. The molecule has 1 aromatic heterocycles. The van der Waals surface area contributed by atoms with Gasteiger partial charge in [0.1, 0.15) is 23.8 Å². The minimum Gasteiger partial charge on any atom is -0.504 e. The SMILES string of the molecule is CN1CC=NC1c1cc(SCC(N)C(=O)O)ccc1Oc1c(F)cnc(Oc2cc(C(=N)N)ccc2O)c1F. The zero-order valence-electron chi connectivity index (χ0n) is 20.5. The smallest absolute Gasteiger partial charge is 0.321 e. The van der Waals surface area contributed by atoms with Gasteiger partial charge in [-0.05, 0) is 43.4 Å². The van der Waals surface area contributed by atoms with Gasteiger partial charge in [0, 0.05) is 34.5 Å². The van der Waals surface area contributed by atoms with E-state index in [9.17, 15) is 14.3 Å². The van der Waals surface area contributed by atoms with Gasteiger partial charge in [-0.15, -0.1) is 11.8 Å². The lowest BCUT2D eigenvalue weighted by molar-refractivity contribution is -0.137. The molecule has 204 valence electrons. The number of nitrogens with one attached hydrogen (secondary N) is 1. The Balaban J connectivity index is 1.67. The molecule has 2 unspecified atom stereocenters. The minimum atomic E-state index is -1.28. The Morgan fingerprint density at radius 1 is 1.26 bits per heavy atom. The maximum absolute atomic E-state index is 15.4. The molecule has 0 fully saturated rings. The van der Waals surface area contributed by atoms with Gasteiger partial charge in [-0.25, -0.2) is 9.37 Å². The highest BCUT2D eigenvalue weighted by molar-refractivity contribution is 7.99. The molecule has 7 N–H and O–H groups in total. The van der Waals surface area contributed by atoms with E-state index in [2.05, 4.69) is 9.98 Å². The number of phenols is 1. The number of phenolic OH excluding ortho intramolecular Hbond substituents is 1. The second-order valence-corrected chi connectivity index (χ2v) is 9.55. The van der Waals surface area contributed by atoms with Crippen molar-refractivity contribution in [2.45, 2.75) is 17.1 Å². The Kier molecular flexibility index (Phi) is 8.28. The van der Waals surface area contributed by atoms with Crippen LogP contribution in [0, 0.1) is 17.0 Å². The predicted octanol–water partition coefficient (Wildman–Crippen LogP) is 3.45. The Labute approximate surface area is 225 Å². The molecule has 4 rings (SSSR count). The summed E-state index contributed by atoms with van der Waals surface area (Å²) in [5, 5.41) is 26.7. The number of aliphatic imine (C=N–C) groups is 1. The fourth-order valence-corrected chi connectivity index (χ4v) is 4.44. The number of nitrogens with two attached hydrogens (primary N) is 2. The van der Waals surface area contributed by atoms with E-state index in [0.29, 0.717) is 23.2 Å². The summed E-state index contributed by atoms with van der Waals surface area (Å²) in [5.74, 6) is -5.76. The van der Waals surface area contributed by atoms with Gasteiger partial charge >= 0.3 is 5.97 Å². The number of ether oxygens (including phenoxy) is 2. The second-order valence-electron chi connectivity index (χ2n) is 8.45. The summed E-state index contributed by atoms with van der Waals surface area (Å²) < 4.78 is 41.3. The van der Waals surface area contributed by atoms with Gasteiger partial charge in [0.2, 0.25) is 11.6 Å². The van der Waals surface area contributed by atoms with Crippen LogP contribution in [0.2, 0.25) is 0 Å². The molecule has 0 amide bonds. The van der Waals surface area contributed by atoms with Crippen LogP contribution >= 0.6 is 11.8 Å². The molecule has 2 heterocycles. The number of hydrogen-bond donors (Lipinski definition) is 5. The fourth-order valence-electron chi connectivity index (χ4n) is 3.55. The Bertz CT molecular complexity index is 1460. The molecule has 0 bridgehead atoms. The van der Waals surface area contributed by atoms with Gasteiger partial charge in [-0.2, -0.15) is 4.39 Å². The van der Waals surface area contributed by atoms with E-state index in [-0.39, 0.29) is 34.4 Å². The number of aromatic hydroxyl groups is 1. The van der Waals surface area contributed by atoms with Gasteiger partial charge < -0.3 is 31.2 Å². The summed E-state index contributed by atoms with van der Waals surface area (Å²) in [6.45, 7) is 0.532. The molecule has 1 aliphatic rings. The minimum absolute atomic E-state index is 0.0918. The molecule has 1 aliphatic heterocycles. The van der Waals surface area contributed by atoms with Crippen LogP contribution in [0.1, 0.15) is 17.3 Å². The largest absolute Gasteiger partial charge is 0.504 e. The molecule has 39 heavy (non-hydrogen) atoms. The zero-order valence-corrected chi connectivity index (χ0v) is 21.3. The van der Waals surface area contributed by atoms with Gasteiger partial charge in [-0.3, -0.25) is 20.1 Å². The van der Waals surface area contributed by atoms with E-state index >= 15 is 4.39 Å². The van der Waals surface area contributed by atoms with Gasteiger partial charge in [0.25, 0.3) is 5.88 Å². The highest BCUT2D eigenvalue weighted by atomic mass is 32.2. The van der Waals surface area contributed by atoms with Crippen LogP contribution in [0.25, 0.3) is 0 Å². The van der Waals surface area contributed by atoms with Crippen molar-refractivity contribution in [3.8, 4) is 28.9 Å². The second kappa shape index (κ2) is 11.6. The molecular formula is C25H24F2N6O5S. The molecule has 0 saturated carbocycles. The van der Waals surface area contributed by atoms with Crippen LogP contribution in [-0.2, 0) is 4.79 Å². The molecule has 0 saturated heterocycles. The highest BCUT2D eigenvalue weighted by Gasteiger charge is 2.27. The number of aromatic nitrogens is 1. The summed E-state index contributed by atoms with van der Waals surface area (Å²) >= 11 is 1.20. The Morgan fingerprint density at radius 2 is 2.03 bits per heavy atom. The number of halogens is 2. The zero-order chi connectivity index (χ0) is 28.3. The lowest BCUT2D eigenvalue weighted by Crippen LogP contribution is -2.32. The van der Waals surface area contributed by atoms with Crippen LogP contribution in [0.4, 0.5) is 8.78 Å². The van der Waals surface area contributed by atoms with E-state index in [4.69, 9.17) is 31.5 Å². The first kappa shape index (κ1) is 27.8. The predicted molar refractivity (Wildman–Crippen MR) is 140 cm³/mol. The number of rotatable bonds is 10. The Hall–Kier alpha value is -4.27. The number of pyridine rings is 1. The van der Waals surface area contributed by atoms with Crippen LogP contribution < -0.4 is 20.9 Å². The Morgan fingerprint density at radius 3 is 2.69 bits per heavy atom. The number of carboxylic acids is 1. The van der Waals surface area contributed by atoms with Gasteiger partial charge in [0.15, 0.2) is 17.3 Å². The van der Waals surface area contributed by atoms with E-state index in [1.54, 1.807) is 18.3 Å². The number of aliphatic carboxylic acids is 1. The van der Waals surface area contributed by atoms with E-state index in [1.165, 1.54) is 36.0 Å². The molecule has 0 spiro atoms. The van der Waals surface area contributed by atoms with Crippen molar-refractivity contribution in [2.75, 3.05) is 19.3 Å². The number of carboxylic acid groups (broad SMARTS) is 1. The van der Waals surface area contributed by atoms with Crippen LogP contribution in [0.3, 0.4) is 0 Å². The normalized spacial score (nSPS) is 15.7. The lowest BCUT2D eigenvalue weighted by Gasteiger charge is -2.22. The summed E-state index contributed by atoms with van der Waals surface area (Å²) in [5.41, 5.74) is 11.7. The summed E-state index contributed by atoms with van der Waals surface area (Å²) in [6, 6.07) is 7.51. The third-order valence-electron chi connectivity index (χ3n) is 5.63. The average molecular weight is 559 g/mol. The van der Waals surface area contributed by atoms with E-state index in [1.807, 2.05) is 11.9 Å². The molecule has 0 radical (unpaired) electrons. The number of benzene rings is 2. The third kappa shape index (κ3) is 6.25. The molecule has 14 heteroatoms. The number of nitrogens with zero attached hydrogens (tertiary/aromatic N) is 3. The molecule has 2 atom stereocenters. The summed E-state index contributed by atoms with van der Waals surface area (Å²) in [4.78, 5) is 21.6. The van der Waals surface area contributed by atoms with E-state index < -0.39 is 41.4 Å². The van der Waals surface area contributed by atoms with Crippen LogP contribution in [-0.4, -0.2) is 63.5 Å². The van der Waals surface area contributed by atoms with Crippen molar-refractivity contribution in [1.82, 2.24) is 9.88 Å². The van der Waals surface area contributed by atoms with Crippen molar-refractivity contribution in [2.24, 2.45) is 16.5 Å². The number of nitrogen functional groups attached to an aromatic ring is 1. The van der Waals surface area contributed by atoms with Crippen molar-refractivity contribution in [3.63, 3.8) is 0 Å². The topological polar surface area (TPSA) is 180 Å². The van der Waals surface area contributed by atoms with Gasteiger partial charge in [0.05, 0.1) is 6.20 Å². The van der Waals surface area contributed by atoms with E-state index in [0.717, 1.165) is 0 Å². The van der Waals surface area contributed by atoms with Crippen LogP contribution in [0.5, 0.6) is 28.9 Å². The maximum atomic E-state index is 15.4. The third-order valence-corrected chi connectivity index (χ3v) is 6.74. The quantitative estimate of drug-likeness (QED) is 0.140. The highest BCUT2D eigenvalue weighted by Crippen LogP contribution is 2.41. The molecule has 2 aromatic carbocycles. The number of hydrogen-bond acceptors (Lipinski definition) is 10. The molecule has 3 aromatic rings. The lowest BCUT2D eigenvalue weighted by atomic mass is 10.1. The average Bonchev–Trinajstić information content (AvgIpc) is 3.33. The first-order valence-corrected chi connectivity index (χ1v) is 12.4. The van der Waals surface area contributed by atoms with Crippen molar-refractivity contribution < 1.29 is 33.3 Å². The maximum Gasteiger partial charge on any atom is 0.321 e. The summed E-state index contributed by atoms with van der Waals surface area (Å²) in [6.07, 6.45) is 1.87. The van der Waals surface area contributed by atoms with Crippen molar-refractivity contribution in [3.05, 3.63) is 65.4 Å². The van der Waals surface area contributed by atoms with Crippen molar-refractivity contribution >= 4 is 29.8 Å². The molecular weight excluding hydrogens is 534 g/mol. The first-order chi connectivity index (χ1) is 18.5. The fraction of sp³-hybridized carbons (Fsp3) is 0.200. The van der Waals surface area contributed by atoms with Crippen molar-refractivity contribution in [1.29, 1.82) is 5.41 Å². The number of carbonyl (C=O) groups is 1. The summed E-state index contributed by atoms with van der Waals surface area (Å²) in [7, 11) is 1.81. The van der Waals surface area contributed by atoms with Crippen LogP contribution in [0.15, 0.2) is 52.5 Å².